The molecule has 10 aromatic rings. The van der Waals surface area contributed by atoms with E-state index in [4.69, 9.17) is 0 Å². The highest BCUT2D eigenvalue weighted by molar-refractivity contribution is 6.14. The quantitative estimate of drug-likeness (QED) is 0.181. The molecule has 0 unspecified atom stereocenters. The van der Waals surface area contributed by atoms with Crippen LogP contribution in [0.1, 0.15) is 22.3 Å². The van der Waals surface area contributed by atoms with E-state index in [1.807, 2.05) is 0 Å². The third kappa shape index (κ3) is 3.62. The summed E-state index contributed by atoms with van der Waals surface area (Å²) >= 11 is 0. The van der Waals surface area contributed by atoms with E-state index >= 15 is 0 Å². The molecule has 2 heteroatoms. The molecule has 246 valence electrons. The second kappa shape index (κ2) is 10.6. The lowest BCUT2D eigenvalue weighted by Gasteiger charge is -2.41. The molecule has 12 rings (SSSR count). The van der Waals surface area contributed by atoms with Crippen LogP contribution in [0.3, 0.4) is 0 Å². The van der Waals surface area contributed by atoms with E-state index in [0.717, 1.165) is 17.1 Å². The first-order valence-corrected chi connectivity index (χ1v) is 18.5. The molecule has 0 saturated carbocycles. The van der Waals surface area contributed by atoms with Gasteiger partial charge in [0.15, 0.2) is 0 Å². The van der Waals surface area contributed by atoms with E-state index in [9.17, 15) is 0 Å². The summed E-state index contributed by atoms with van der Waals surface area (Å²) in [5, 5.41) is 7.41. The smallest absolute Gasteiger partial charge is 0.0755 e. The van der Waals surface area contributed by atoms with Gasteiger partial charge in [-0.2, -0.15) is 0 Å². The number of nitrogens with zero attached hydrogens (tertiary/aromatic N) is 2. The van der Waals surface area contributed by atoms with Crippen molar-refractivity contribution in [1.82, 2.24) is 4.57 Å². The number of hydrogen-bond acceptors (Lipinski definition) is 1. The fourth-order valence-corrected chi connectivity index (χ4v) is 9.96. The van der Waals surface area contributed by atoms with Gasteiger partial charge in [0.05, 0.1) is 39.2 Å². The molecule has 0 radical (unpaired) electrons. The fraction of sp³-hybridized carbons (Fsp3) is 0.0196. The number of aromatic nitrogens is 1. The largest absolute Gasteiger partial charge is 0.307 e. The van der Waals surface area contributed by atoms with Crippen molar-refractivity contribution in [2.75, 3.05) is 4.90 Å². The molecule has 2 aliphatic rings. The first-order valence-electron chi connectivity index (χ1n) is 18.5. The van der Waals surface area contributed by atoms with Crippen LogP contribution in [0.5, 0.6) is 0 Å². The molecule has 0 amide bonds. The van der Waals surface area contributed by atoms with Gasteiger partial charge in [0.1, 0.15) is 0 Å². The van der Waals surface area contributed by atoms with Crippen LogP contribution >= 0.6 is 0 Å². The summed E-state index contributed by atoms with van der Waals surface area (Å²) < 4.78 is 2.59. The number of benzene rings is 9. The van der Waals surface area contributed by atoms with Crippen molar-refractivity contribution < 1.29 is 0 Å². The molecule has 0 fully saturated rings. The van der Waals surface area contributed by atoms with Gasteiger partial charge in [-0.05, 0) is 68.4 Å². The number of rotatable bonds is 3. The Hall–Kier alpha value is -6.90. The van der Waals surface area contributed by atoms with Gasteiger partial charge in [-0.3, -0.25) is 0 Å². The van der Waals surface area contributed by atoms with E-state index in [1.54, 1.807) is 0 Å². The first kappa shape index (κ1) is 28.8. The van der Waals surface area contributed by atoms with Gasteiger partial charge < -0.3 is 9.47 Å². The Morgan fingerprint density at radius 3 is 1.47 bits per heavy atom. The Bertz CT molecular complexity index is 3010. The van der Waals surface area contributed by atoms with Crippen LogP contribution in [-0.4, -0.2) is 4.57 Å². The predicted molar refractivity (Wildman–Crippen MR) is 221 cm³/mol. The zero-order valence-electron chi connectivity index (χ0n) is 28.9. The van der Waals surface area contributed by atoms with Crippen LogP contribution in [-0.2, 0) is 5.41 Å². The third-order valence-electron chi connectivity index (χ3n) is 11.9. The number of anilines is 3. The maximum atomic E-state index is 2.59. The summed E-state index contributed by atoms with van der Waals surface area (Å²) in [6.07, 6.45) is 0. The third-order valence-corrected chi connectivity index (χ3v) is 11.9. The van der Waals surface area contributed by atoms with Gasteiger partial charge in [0.2, 0.25) is 0 Å². The Kier molecular flexibility index (Phi) is 5.73. The first-order chi connectivity index (χ1) is 26.3. The van der Waals surface area contributed by atoms with Crippen molar-refractivity contribution in [3.05, 3.63) is 216 Å². The Labute approximate surface area is 307 Å². The summed E-state index contributed by atoms with van der Waals surface area (Å²) in [6.45, 7) is 0. The molecule has 1 aliphatic carbocycles. The highest BCUT2D eigenvalue weighted by Crippen LogP contribution is 2.62. The number of para-hydroxylation sites is 3. The van der Waals surface area contributed by atoms with Crippen molar-refractivity contribution in [3.63, 3.8) is 0 Å². The van der Waals surface area contributed by atoms with Crippen LogP contribution in [0.2, 0.25) is 0 Å². The standard InChI is InChI=1S/C51H32N2/c1-3-19-35-33(15-1)17-11-30-45(35)52(46-31-12-18-34-16-2-4-20-36(34)46)48-32-14-28-44-50(48)53-47-29-10-7-23-39(47)40-24-13-27-43(49(40)53)51(44)41-25-8-5-21-37(41)38-22-6-9-26-42(38)51/h1-32H. The molecule has 53 heavy (non-hydrogen) atoms. The van der Waals surface area contributed by atoms with Crippen molar-refractivity contribution >= 4 is 60.4 Å². The zero-order valence-corrected chi connectivity index (χ0v) is 28.9. The van der Waals surface area contributed by atoms with Crippen molar-refractivity contribution in [2.45, 2.75) is 5.41 Å². The molecular weight excluding hydrogens is 641 g/mol. The number of fused-ring (bicyclic) bond motifs is 14. The lowest BCUT2D eigenvalue weighted by atomic mass is 9.65. The van der Waals surface area contributed by atoms with E-state index in [-0.39, 0.29) is 0 Å². The zero-order chi connectivity index (χ0) is 34.7. The minimum atomic E-state index is -0.522. The molecule has 0 bridgehead atoms. The van der Waals surface area contributed by atoms with Gasteiger partial charge in [-0.25, -0.2) is 0 Å². The topological polar surface area (TPSA) is 8.17 Å². The second-order valence-electron chi connectivity index (χ2n) is 14.4. The average Bonchev–Trinajstić information content (AvgIpc) is 3.72. The molecule has 0 saturated heterocycles. The molecule has 1 aliphatic heterocycles. The highest BCUT2D eigenvalue weighted by Gasteiger charge is 2.51. The Balaban J connectivity index is 1.32. The van der Waals surface area contributed by atoms with Gasteiger partial charge in [-0.1, -0.05) is 170 Å². The summed E-state index contributed by atoms with van der Waals surface area (Å²) in [5.41, 5.74) is 14.5. The summed E-state index contributed by atoms with van der Waals surface area (Å²) in [4.78, 5) is 2.54. The van der Waals surface area contributed by atoms with Gasteiger partial charge in [0.25, 0.3) is 0 Å². The Morgan fingerprint density at radius 2 is 0.792 bits per heavy atom. The molecule has 0 N–H and O–H groups in total. The average molecular weight is 673 g/mol. The summed E-state index contributed by atoms with van der Waals surface area (Å²) in [6, 6.07) is 72.2. The molecule has 0 atom stereocenters. The lowest BCUT2D eigenvalue weighted by molar-refractivity contribution is 0.748. The summed E-state index contributed by atoms with van der Waals surface area (Å²) in [5.74, 6) is 0. The highest BCUT2D eigenvalue weighted by atomic mass is 15.2. The van der Waals surface area contributed by atoms with Crippen LogP contribution in [0, 0.1) is 0 Å². The maximum absolute atomic E-state index is 2.59. The van der Waals surface area contributed by atoms with E-state index < -0.39 is 5.41 Å². The molecule has 1 aromatic heterocycles. The molecule has 1 spiro atoms. The summed E-state index contributed by atoms with van der Waals surface area (Å²) in [7, 11) is 0. The normalized spacial score (nSPS) is 13.4. The van der Waals surface area contributed by atoms with E-state index in [0.29, 0.717) is 0 Å². The molecule has 2 nitrogen and oxygen atoms in total. The van der Waals surface area contributed by atoms with Crippen LogP contribution in [0.15, 0.2) is 194 Å². The Morgan fingerprint density at radius 1 is 0.340 bits per heavy atom. The van der Waals surface area contributed by atoms with Crippen LogP contribution in [0.25, 0.3) is 60.2 Å². The van der Waals surface area contributed by atoms with Gasteiger partial charge >= 0.3 is 0 Å². The SMILES string of the molecule is c1ccc2c(c1)-c1ccccc1C21c2cccc(N(c3cccc4ccccc34)c3cccc4ccccc34)c2-n2c3ccccc3c3cccc1c32. The minimum Gasteiger partial charge on any atom is -0.307 e. The maximum Gasteiger partial charge on any atom is 0.0755 e. The monoisotopic (exact) mass is 672 g/mol. The molecule has 2 heterocycles. The van der Waals surface area contributed by atoms with E-state index in [1.165, 1.54) is 82.4 Å². The van der Waals surface area contributed by atoms with E-state index in [2.05, 4.69) is 204 Å². The van der Waals surface area contributed by atoms with Crippen LogP contribution in [0.4, 0.5) is 17.1 Å². The fourth-order valence-electron chi connectivity index (χ4n) is 9.96. The molecule has 9 aromatic carbocycles. The van der Waals surface area contributed by atoms with Crippen LogP contribution < -0.4 is 4.90 Å². The second-order valence-corrected chi connectivity index (χ2v) is 14.4. The lowest BCUT2D eigenvalue weighted by Crippen LogP contribution is -2.34. The van der Waals surface area contributed by atoms with Crippen molar-refractivity contribution in [1.29, 1.82) is 0 Å². The van der Waals surface area contributed by atoms with Gasteiger partial charge in [0, 0.05) is 21.5 Å². The minimum absolute atomic E-state index is 0.522. The number of hydrogen-bond donors (Lipinski definition) is 0. The molecular formula is C51H32N2. The van der Waals surface area contributed by atoms with Crippen molar-refractivity contribution in [2.24, 2.45) is 0 Å². The van der Waals surface area contributed by atoms with Crippen molar-refractivity contribution in [3.8, 4) is 16.8 Å². The van der Waals surface area contributed by atoms with Gasteiger partial charge in [-0.15, -0.1) is 0 Å². The predicted octanol–water partition coefficient (Wildman–Crippen LogP) is 13.2.